The summed E-state index contributed by atoms with van der Waals surface area (Å²) in [5, 5.41) is 6.64. The van der Waals surface area contributed by atoms with Gasteiger partial charge in [0.15, 0.2) is 5.13 Å². The highest BCUT2D eigenvalue weighted by Crippen LogP contribution is 2.22. The van der Waals surface area contributed by atoms with E-state index in [1.165, 1.54) is 6.07 Å². The highest BCUT2D eigenvalue weighted by molar-refractivity contribution is 7.13. The lowest BCUT2D eigenvalue weighted by molar-refractivity contribution is 0.519. The number of nitrogens with zero attached hydrogens (tertiary/aromatic N) is 3. The lowest BCUT2D eigenvalue weighted by Crippen LogP contribution is -2.40. The van der Waals surface area contributed by atoms with Crippen molar-refractivity contribution in [3.8, 4) is 0 Å². The van der Waals surface area contributed by atoms with Crippen LogP contribution in [0.15, 0.2) is 16.2 Å². The Bertz CT molecular complexity index is 687. The maximum atomic E-state index is 11.5. The quantitative estimate of drug-likeness (QED) is 0.903. The Morgan fingerprint density at radius 2 is 2.18 bits per heavy atom. The molecule has 22 heavy (non-hydrogen) atoms. The van der Waals surface area contributed by atoms with E-state index in [0.717, 1.165) is 48.9 Å². The van der Waals surface area contributed by atoms with E-state index in [0.29, 0.717) is 12.0 Å². The van der Waals surface area contributed by atoms with Gasteiger partial charge in [-0.15, -0.1) is 11.3 Å². The molecule has 0 aliphatic carbocycles. The van der Waals surface area contributed by atoms with Gasteiger partial charge >= 0.3 is 0 Å². The van der Waals surface area contributed by atoms with Crippen LogP contribution in [0.5, 0.6) is 0 Å². The highest BCUT2D eigenvalue weighted by atomic mass is 32.1. The smallest absolute Gasteiger partial charge is 0.252 e. The molecule has 6 nitrogen and oxygen atoms in total. The van der Waals surface area contributed by atoms with E-state index >= 15 is 0 Å². The molecule has 2 N–H and O–H groups in total. The Morgan fingerprint density at radius 3 is 2.82 bits per heavy atom. The van der Waals surface area contributed by atoms with Crippen molar-refractivity contribution in [3.05, 3.63) is 33.2 Å². The zero-order valence-electron chi connectivity index (χ0n) is 12.9. The molecule has 0 unspecified atom stereocenters. The Morgan fingerprint density at radius 1 is 1.41 bits per heavy atom. The molecule has 0 saturated carbocycles. The van der Waals surface area contributed by atoms with Gasteiger partial charge in [-0.1, -0.05) is 6.92 Å². The van der Waals surface area contributed by atoms with Crippen LogP contribution in [-0.4, -0.2) is 34.1 Å². The molecule has 0 aromatic carbocycles. The molecule has 3 heterocycles. The minimum Gasteiger partial charge on any atom is -0.359 e. The van der Waals surface area contributed by atoms with Gasteiger partial charge in [-0.2, -0.15) is 0 Å². The van der Waals surface area contributed by atoms with Crippen LogP contribution in [0.4, 0.5) is 11.1 Å². The summed E-state index contributed by atoms with van der Waals surface area (Å²) in [5.74, 6) is 0.686. The van der Waals surface area contributed by atoms with Crippen LogP contribution in [0, 0.1) is 6.92 Å². The standard InChI is InChI=1S/C15H21N5OS/c1-3-11-9-22-15(17-11)18-12-4-6-20(7-5-12)14-16-10(2)8-13(21)19-14/h8-9,12H,3-7H2,1-2H3,(H,17,18)(H,16,19,21). The van der Waals surface area contributed by atoms with Crippen LogP contribution in [0.1, 0.15) is 31.2 Å². The van der Waals surface area contributed by atoms with Crippen LogP contribution in [-0.2, 0) is 6.42 Å². The number of anilines is 2. The first kappa shape index (κ1) is 15.0. The fourth-order valence-electron chi connectivity index (χ4n) is 2.66. The number of hydrogen-bond acceptors (Lipinski definition) is 6. The number of rotatable bonds is 4. The molecule has 0 spiro atoms. The van der Waals surface area contributed by atoms with Crippen LogP contribution in [0.3, 0.4) is 0 Å². The molecule has 0 atom stereocenters. The molecule has 1 fully saturated rings. The molecule has 0 amide bonds. The van der Waals surface area contributed by atoms with Gasteiger partial charge in [-0.3, -0.25) is 9.78 Å². The van der Waals surface area contributed by atoms with Crippen LogP contribution in [0.25, 0.3) is 0 Å². The third-order valence-electron chi connectivity index (χ3n) is 3.89. The molecule has 2 aromatic heterocycles. The summed E-state index contributed by atoms with van der Waals surface area (Å²) in [6.07, 6.45) is 3.00. The third kappa shape index (κ3) is 3.47. The third-order valence-corrected chi connectivity index (χ3v) is 4.72. The van der Waals surface area contributed by atoms with Gasteiger partial charge in [0, 0.05) is 36.3 Å². The minimum absolute atomic E-state index is 0.0855. The normalized spacial score (nSPS) is 16.0. The van der Waals surface area contributed by atoms with Gasteiger partial charge in [-0.25, -0.2) is 9.97 Å². The fourth-order valence-corrected chi connectivity index (χ4v) is 3.53. The molecular weight excluding hydrogens is 298 g/mol. The van der Waals surface area contributed by atoms with Crippen LogP contribution in [0.2, 0.25) is 0 Å². The number of H-pyrrole nitrogens is 1. The van der Waals surface area contributed by atoms with Crippen molar-refractivity contribution in [2.24, 2.45) is 0 Å². The summed E-state index contributed by atoms with van der Waals surface area (Å²) < 4.78 is 0. The summed E-state index contributed by atoms with van der Waals surface area (Å²) in [7, 11) is 0. The maximum absolute atomic E-state index is 11.5. The van der Waals surface area contributed by atoms with Crippen LogP contribution >= 0.6 is 11.3 Å². The Hall–Kier alpha value is -1.89. The Labute approximate surface area is 133 Å². The number of piperidine rings is 1. The predicted octanol–water partition coefficient (Wildman–Crippen LogP) is 2.18. The van der Waals surface area contributed by atoms with E-state index in [9.17, 15) is 4.79 Å². The second kappa shape index (κ2) is 6.48. The number of aryl methyl sites for hydroxylation is 2. The Balaban J connectivity index is 1.59. The van der Waals surface area contributed by atoms with E-state index in [2.05, 4.69) is 37.5 Å². The zero-order chi connectivity index (χ0) is 15.5. The van der Waals surface area contributed by atoms with Gasteiger partial charge < -0.3 is 10.2 Å². The SMILES string of the molecule is CCc1csc(NC2CCN(c3nc(C)cc(=O)[nH]3)CC2)n1. The van der Waals surface area contributed by atoms with Crippen molar-refractivity contribution >= 4 is 22.4 Å². The first-order valence-electron chi connectivity index (χ1n) is 7.68. The number of aromatic amines is 1. The molecular formula is C15H21N5OS. The van der Waals surface area contributed by atoms with Crippen LogP contribution < -0.4 is 15.8 Å². The zero-order valence-corrected chi connectivity index (χ0v) is 13.7. The van der Waals surface area contributed by atoms with Crippen molar-refractivity contribution in [1.29, 1.82) is 0 Å². The van der Waals surface area contributed by atoms with E-state index in [-0.39, 0.29) is 5.56 Å². The van der Waals surface area contributed by atoms with Crippen molar-refractivity contribution in [2.45, 2.75) is 39.2 Å². The molecule has 118 valence electrons. The highest BCUT2D eigenvalue weighted by Gasteiger charge is 2.21. The predicted molar refractivity (Wildman–Crippen MR) is 89.9 cm³/mol. The van der Waals surface area contributed by atoms with Crippen molar-refractivity contribution in [3.63, 3.8) is 0 Å². The Kier molecular flexibility index (Phi) is 4.42. The monoisotopic (exact) mass is 319 g/mol. The van der Waals surface area contributed by atoms with Crippen molar-refractivity contribution in [1.82, 2.24) is 15.0 Å². The summed E-state index contributed by atoms with van der Waals surface area (Å²) >= 11 is 1.67. The average molecular weight is 319 g/mol. The van der Waals surface area contributed by atoms with Gasteiger partial charge in [0.05, 0.1) is 5.69 Å². The summed E-state index contributed by atoms with van der Waals surface area (Å²) in [4.78, 5) is 25.5. The lowest BCUT2D eigenvalue weighted by Gasteiger charge is -2.32. The van der Waals surface area contributed by atoms with Gasteiger partial charge in [0.25, 0.3) is 5.56 Å². The summed E-state index contributed by atoms with van der Waals surface area (Å²) in [5.41, 5.74) is 1.82. The fraction of sp³-hybridized carbons (Fsp3) is 0.533. The molecule has 1 aliphatic heterocycles. The van der Waals surface area contributed by atoms with Crippen molar-refractivity contribution in [2.75, 3.05) is 23.3 Å². The molecule has 1 saturated heterocycles. The number of thiazole rings is 1. The van der Waals surface area contributed by atoms with Gasteiger partial charge in [-0.05, 0) is 26.2 Å². The lowest BCUT2D eigenvalue weighted by atomic mass is 10.1. The number of nitrogens with one attached hydrogen (secondary N) is 2. The van der Waals surface area contributed by atoms with E-state index in [1.54, 1.807) is 11.3 Å². The topological polar surface area (TPSA) is 73.9 Å². The van der Waals surface area contributed by atoms with Crippen molar-refractivity contribution < 1.29 is 0 Å². The van der Waals surface area contributed by atoms with E-state index in [4.69, 9.17) is 0 Å². The molecule has 1 aliphatic rings. The van der Waals surface area contributed by atoms with Gasteiger partial charge in [0.2, 0.25) is 5.95 Å². The maximum Gasteiger partial charge on any atom is 0.252 e. The molecule has 0 radical (unpaired) electrons. The first-order valence-corrected chi connectivity index (χ1v) is 8.56. The second-order valence-electron chi connectivity index (χ2n) is 5.61. The minimum atomic E-state index is -0.0855. The molecule has 0 bridgehead atoms. The number of aromatic nitrogens is 3. The van der Waals surface area contributed by atoms with Gasteiger partial charge in [0.1, 0.15) is 0 Å². The molecule has 7 heteroatoms. The van der Waals surface area contributed by atoms with E-state index < -0.39 is 0 Å². The number of hydrogen-bond donors (Lipinski definition) is 2. The summed E-state index contributed by atoms with van der Waals surface area (Å²) in [6.45, 7) is 5.74. The average Bonchev–Trinajstić information content (AvgIpc) is 2.95. The molecule has 3 rings (SSSR count). The summed E-state index contributed by atoms with van der Waals surface area (Å²) in [6, 6.07) is 1.95. The first-order chi connectivity index (χ1) is 10.6. The largest absolute Gasteiger partial charge is 0.359 e. The molecule has 2 aromatic rings. The van der Waals surface area contributed by atoms with E-state index in [1.807, 2.05) is 6.92 Å². The second-order valence-corrected chi connectivity index (χ2v) is 6.47.